The minimum Gasteiger partial charge on any atom is -0.361 e. The van der Waals surface area contributed by atoms with E-state index in [0.717, 1.165) is 11.4 Å². The van der Waals surface area contributed by atoms with Crippen LogP contribution in [0.5, 0.6) is 0 Å². The van der Waals surface area contributed by atoms with Gasteiger partial charge in [-0.3, -0.25) is 9.98 Å². The van der Waals surface area contributed by atoms with Gasteiger partial charge in [0.05, 0.1) is 6.04 Å². The SMILES string of the molecule is Cl.Cl.c1ccc([C@H]2NC(c3ccncc3)=N[C@H]2c2ccccc2)cc1. The molecule has 1 N–H and O–H groups in total. The summed E-state index contributed by atoms with van der Waals surface area (Å²) in [6.07, 6.45) is 3.60. The van der Waals surface area contributed by atoms with Crippen molar-refractivity contribution in [3.8, 4) is 0 Å². The van der Waals surface area contributed by atoms with Crippen LogP contribution in [0, 0.1) is 0 Å². The predicted octanol–water partition coefficient (Wildman–Crippen LogP) is 4.76. The van der Waals surface area contributed by atoms with Gasteiger partial charge >= 0.3 is 0 Å². The third-order valence-electron chi connectivity index (χ3n) is 4.13. The van der Waals surface area contributed by atoms with E-state index < -0.39 is 0 Å². The maximum Gasteiger partial charge on any atom is 0.129 e. The fourth-order valence-corrected chi connectivity index (χ4v) is 2.99. The van der Waals surface area contributed by atoms with Crippen LogP contribution >= 0.6 is 24.8 Å². The van der Waals surface area contributed by atoms with Gasteiger partial charge in [0.2, 0.25) is 0 Å². The van der Waals surface area contributed by atoms with E-state index in [9.17, 15) is 0 Å². The lowest BCUT2D eigenvalue weighted by Gasteiger charge is -2.19. The molecule has 0 unspecified atom stereocenters. The molecule has 5 heteroatoms. The first-order chi connectivity index (χ1) is 11.4. The van der Waals surface area contributed by atoms with E-state index in [1.54, 1.807) is 12.4 Å². The lowest BCUT2D eigenvalue weighted by molar-refractivity contribution is 0.572. The molecule has 0 saturated heterocycles. The predicted molar refractivity (Wildman–Crippen MR) is 107 cm³/mol. The Balaban J connectivity index is 0.00000113. The fourth-order valence-electron chi connectivity index (χ4n) is 2.99. The quantitative estimate of drug-likeness (QED) is 0.720. The third-order valence-corrected chi connectivity index (χ3v) is 4.13. The maximum atomic E-state index is 4.96. The van der Waals surface area contributed by atoms with Crippen LogP contribution < -0.4 is 5.32 Å². The van der Waals surface area contributed by atoms with Crippen molar-refractivity contribution < 1.29 is 0 Å². The molecule has 25 heavy (non-hydrogen) atoms. The van der Waals surface area contributed by atoms with Crippen molar-refractivity contribution >= 4 is 30.6 Å². The maximum absolute atomic E-state index is 4.96. The Morgan fingerprint density at radius 3 is 1.84 bits per heavy atom. The van der Waals surface area contributed by atoms with Crippen molar-refractivity contribution in [3.05, 3.63) is 102 Å². The summed E-state index contributed by atoms with van der Waals surface area (Å²) < 4.78 is 0. The summed E-state index contributed by atoms with van der Waals surface area (Å²) in [5.41, 5.74) is 3.53. The van der Waals surface area contributed by atoms with Gasteiger partial charge in [-0.25, -0.2) is 0 Å². The normalized spacial score (nSPS) is 18.3. The van der Waals surface area contributed by atoms with E-state index in [1.165, 1.54) is 11.1 Å². The summed E-state index contributed by atoms with van der Waals surface area (Å²) in [6, 6.07) is 25.1. The Bertz CT molecular complexity index is 808. The summed E-state index contributed by atoms with van der Waals surface area (Å²) >= 11 is 0. The van der Waals surface area contributed by atoms with Crippen LogP contribution in [0.1, 0.15) is 28.8 Å². The molecule has 0 spiro atoms. The van der Waals surface area contributed by atoms with Crippen molar-refractivity contribution in [3.63, 3.8) is 0 Å². The molecule has 4 rings (SSSR count). The number of nitrogens with one attached hydrogen (secondary N) is 1. The number of amidine groups is 1. The topological polar surface area (TPSA) is 37.3 Å². The van der Waals surface area contributed by atoms with Crippen molar-refractivity contribution in [2.75, 3.05) is 0 Å². The molecular weight excluding hydrogens is 353 g/mol. The average molecular weight is 372 g/mol. The van der Waals surface area contributed by atoms with Gasteiger partial charge in [-0.15, -0.1) is 24.8 Å². The molecule has 1 aliphatic rings. The molecule has 0 radical (unpaired) electrons. The number of halogens is 2. The third kappa shape index (κ3) is 4.01. The van der Waals surface area contributed by atoms with Gasteiger partial charge in [0.1, 0.15) is 11.9 Å². The summed E-state index contributed by atoms with van der Waals surface area (Å²) in [6.45, 7) is 0. The van der Waals surface area contributed by atoms with Crippen molar-refractivity contribution in [1.29, 1.82) is 0 Å². The van der Waals surface area contributed by atoms with Crippen LogP contribution in [0.15, 0.2) is 90.2 Å². The van der Waals surface area contributed by atoms with Gasteiger partial charge in [0.25, 0.3) is 0 Å². The molecule has 0 bridgehead atoms. The number of aliphatic imine (C=N–C) groups is 1. The second-order valence-electron chi connectivity index (χ2n) is 5.60. The van der Waals surface area contributed by atoms with Crippen LogP contribution in [-0.4, -0.2) is 10.8 Å². The highest BCUT2D eigenvalue weighted by atomic mass is 35.5. The Morgan fingerprint density at radius 2 is 1.24 bits per heavy atom. The minimum atomic E-state index is 0. The van der Waals surface area contributed by atoms with Crippen molar-refractivity contribution in [2.45, 2.75) is 12.1 Å². The van der Waals surface area contributed by atoms with E-state index in [2.05, 4.69) is 58.8 Å². The monoisotopic (exact) mass is 371 g/mol. The van der Waals surface area contributed by atoms with Gasteiger partial charge in [-0.05, 0) is 23.3 Å². The van der Waals surface area contributed by atoms with E-state index in [1.807, 2.05) is 24.3 Å². The average Bonchev–Trinajstić information content (AvgIpc) is 3.09. The highest BCUT2D eigenvalue weighted by molar-refractivity contribution is 6.00. The second kappa shape index (κ2) is 8.65. The highest BCUT2D eigenvalue weighted by Gasteiger charge is 2.31. The molecular formula is C20H19Cl2N3. The number of hydrogen-bond acceptors (Lipinski definition) is 3. The van der Waals surface area contributed by atoms with Gasteiger partial charge in [0, 0.05) is 18.0 Å². The first kappa shape index (κ1) is 19.0. The van der Waals surface area contributed by atoms with Crippen LogP contribution in [0.25, 0.3) is 0 Å². The Kier molecular flexibility index (Phi) is 6.57. The Morgan fingerprint density at radius 1 is 0.680 bits per heavy atom. The lowest BCUT2D eigenvalue weighted by atomic mass is 9.95. The smallest absolute Gasteiger partial charge is 0.129 e. The number of benzene rings is 2. The van der Waals surface area contributed by atoms with Crippen LogP contribution in [0.3, 0.4) is 0 Å². The first-order valence-corrected chi connectivity index (χ1v) is 7.76. The fraction of sp³-hybridized carbons (Fsp3) is 0.100. The standard InChI is InChI=1S/C20H17N3.2ClH/c1-3-7-15(8-4-1)18-19(16-9-5-2-6-10-16)23-20(22-18)17-11-13-21-14-12-17;;/h1-14,18-19H,(H,22,23);2*1H/t18-,19+;;. The van der Waals surface area contributed by atoms with Crippen LogP contribution in [0.4, 0.5) is 0 Å². The summed E-state index contributed by atoms with van der Waals surface area (Å²) in [5.74, 6) is 0.926. The molecule has 2 heterocycles. The number of pyridine rings is 1. The van der Waals surface area contributed by atoms with Crippen LogP contribution in [-0.2, 0) is 0 Å². The van der Waals surface area contributed by atoms with E-state index >= 15 is 0 Å². The molecule has 0 aliphatic carbocycles. The molecule has 2 atom stereocenters. The molecule has 0 amide bonds. The largest absolute Gasteiger partial charge is 0.361 e. The summed E-state index contributed by atoms with van der Waals surface area (Å²) in [5, 5.41) is 3.59. The lowest BCUT2D eigenvalue weighted by Crippen LogP contribution is -2.25. The van der Waals surface area contributed by atoms with Crippen molar-refractivity contribution in [1.82, 2.24) is 10.3 Å². The molecule has 0 fully saturated rings. The van der Waals surface area contributed by atoms with Crippen molar-refractivity contribution in [2.24, 2.45) is 4.99 Å². The summed E-state index contributed by atoms with van der Waals surface area (Å²) in [7, 11) is 0. The van der Waals surface area contributed by atoms with Gasteiger partial charge < -0.3 is 5.32 Å². The van der Waals surface area contributed by atoms with E-state index in [-0.39, 0.29) is 36.9 Å². The number of rotatable bonds is 3. The Labute approximate surface area is 160 Å². The number of nitrogens with zero attached hydrogens (tertiary/aromatic N) is 2. The van der Waals surface area contributed by atoms with Crippen LogP contribution in [0.2, 0.25) is 0 Å². The zero-order valence-corrected chi connectivity index (χ0v) is 15.1. The Hall–Kier alpha value is -2.36. The molecule has 3 nitrogen and oxygen atoms in total. The first-order valence-electron chi connectivity index (χ1n) is 7.76. The zero-order valence-electron chi connectivity index (χ0n) is 13.4. The second-order valence-corrected chi connectivity index (χ2v) is 5.60. The highest BCUT2D eigenvalue weighted by Crippen LogP contribution is 2.36. The van der Waals surface area contributed by atoms with Gasteiger partial charge in [-0.2, -0.15) is 0 Å². The van der Waals surface area contributed by atoms with E-state index in [0.29, 0.717) is 0 Å². The van der Waals surface area contributed by atoms with Gasteiger partial charge in [-0.1, -0.05) is 60.7 Å². The molecule has 2 aromatic carbocycles. The minimum absolute atomic E-state index is 0. The number of hydrogen-bond donors (Lipinski definition) is 1. The molecule has 3 aromatic rings. The molecule has 1 aliphatic heterocycles. The molecule has 0 saturated carbocycles. The van der Waals surface area contributed by atoms with E-state index in [4.69, 9.17) is 4.99 Å². The summed E-state index contributed by atoms with van der Waals surface area (Å²) in [4.78, 5) is 9.05. The van der Waals surface area contributed by atoms with Gasteiger partial charge in [0.15, 0.2) is 0 Å². The molecule has 128 valence electrons. The zero-order chi connectivity index (χ0) is 15.5. The molecule has 1 aromatic heterocycles. The number of aromatic nitrogens is 1.